The number of sulfone groups is 1. The van der Waals surface area contributed by atoms with Crippen LogP contribution in [0.15, 0.2) is 22.7 Å². The summed E-state index contributed by atoms with van der Waals surface area (Å²) in [6, 6.07) is 4.10. The number of anilines is 1. The van der Waals surface area contributed by atoms with E-state index in [1.54, 1.807) is 0 Å². The van der Waals surface area contributed by atoms with E-state index in [1.165, 1.54) is 18.2 Å². The fourth-order valence-electron chi connectivity index (χ4n) is 2.19. The molecule has 1 saturated heterocycles. The highest BCUT2D eigenvalue weighted by molar-refractivity contribution is 7.91. The summed E-state index contributed by atoms with van der Waals surface area (Å²) < 4.78 is 41.0. The van der Waals surface area contributed by atoms with Crippen LogP contribution in [0, 0.1) is 5.82 Å². The van der Waals surface area contributed by atoms with Crippen LogP contribution in [-0.2, 0) is 9.84 Å². The molecule has 1 aromatic carbocycles. The van der Waals surface area contributed by atoms with Crippen LogP contribution in [0.25, 0.3) is 11.5 Å². The number of nitrogen functional groups attached to an aromatic ring is 1. The Morgan fingerprint density at radius 3 is 2.85 bits per heavy atom. The lowest BCUT2D eigenvalue weighted by atomic mass is 10.1. The molecule has 8 heteroatoms. The molecule has 0 aliphatic carbocycles. The van der Waals surface area contributed by atoms with Gasteiger partial charge in [-0.05, 0) is 24.6 Å². The Balaban J connectivity index is 1.89. The standard InChI is InChI=1S/C12H12FN3O3S/c13-9-2-1-7(5-10(9)14)12-15-11(16-19-12)8-3-4-20(17,18)6-8/h1-2,5,8H,3-4,6,14H2. The van der Waals surface area contributed by atoms with Crippen molar-refractivity contribution in [2.24, 2.45) is 0 Å². The molecule has 0 saturated carbocycles. The maximum Gasteiger partial charge on any atom is 0.258 e. The van der Waals surface area contributed by atoms with Gasteiger partial charge in [-0.3, -0.25) is 0 Å². The van der Waals surface area contributed by atoms with Gasteiger partial charge in [-0.15, -0.1) is 0 Å². The first-order valence-electron chi connectivity index (χ1n) is 6.04. The van der Waals surface area contributed by atoms with Crippen LogP contribution in [-0.4, -0.2) is 30.1 Å². The third kappa shape index (κ3) is 2.38. The number of aromatic nitrogens is 2. The number of rotatable bonds is 2. The molecule has 2 aromatic rings. The van der Waals surface area contributed by atoms with Crippen molar-refractivity contribution in [1.29, 1.82) is 0 Å². The lowest BCUT2D eigenvalue weighted by molar-refractivity contribution is 0.418. The fraction of sp³-hybridized carbons (Fsp3) is 0.333. The van der Waals surface area contributed by atoms with Crippen LogP contribution >= 0.6 is 0 Å². The Labute approximate surface area is 114 Å². The SMILES string of the molecule is Nc1cc(-c2nc(C3CCS(=O)(=O)C3)no2)ccc1F. The van der Waals surface area contributed by atoms with Crippen LogP contribution in [0.2, 0.25) is 0 Å². The molecule has 0 amide bonds. The van der Waals surface area contributed by atoms with E-state index < -0.39 is 15.7 Å². The summed E-state index contributed by atoms with van der Waals surface area (Å²) >= 11 is 0. The van der Waals surface area contributed by atoms with Crippen molar-refractivity contribution in [3.05, 3.63) is 29.8 Å². The van der Waals surface area contributed by atoms with Gasteiger partial charge in [0.05, 0.1) is 17.2 Å². The average Bonchev–Trinajstić information content (AvgIpc) is 2.99. The first kappa shape index (κ1) is 13.0. The van der Waals surface area contributed by atoms with E-state index in [-0.39, 0.29) is 29.0 Å². The predicted molar refractivity (Wildman–Crippen MR) is 70.1 cm³/mol. The Morgan fingerprint density at radius 2 is 2.20 bits per heavy atom. The zero-order valence-electron chi connectivity index (χ0n) is 10.4. The molecule has 6 nitrogen and oxygen atoms in total. The number of benzene rings is 1. The first-order chi connectivity index (χ1) is 9.44. The van der Waals surface area contributed by atoms with E-state index in [4.69, 9.17) is 10.3 Å². The van der Waals surface area contributed by atoms with E-state index in [1.807, 2.05) is 0 Å². The van der Waals surface area contributed by atoms with Crippen molar-refractivity contribution in [2.75, 3.05) is 17.2 Å². The largest absolute Gasteiger partial charge is 0.396 e. The molecule has 1 fully saturated rings. The number of halogens is 1. The third-order valence-electron chi connectivity index (χ3n) is 3.28. The van der Waals surface area contributed by atoms with Crippen LogP contribution in [0.5, 0.6) is 0 Å². The fourth-order valence-corrected chi connectivity index (χ4v) is 3.93. The molecule has 106 valence electrons. The van der Waals surface area contributed by atoms with Gasteiger partial charge in [0.25, 0.3) is 5.89 Å². The highest BCUT2D eigenvalue weighted by atomic mass is 32.2. The molecule has 2 heterocycles. The predicted octanol–water partition coefficient (Wildman–Crippen LogP) is 1.36. The molecule has 1 aliphatic rings. The number of nitrogens with two attached hydrogens (primary N) is 1. The number of hydrogen-bond acceptors (Lipinski definition) is 6. The van der Waals surface area contributed by atoms with E-state index in [0.29, 0.717) is 17.8 Å². The molecule has 1 aromatic heterocycles. The zero-order valence-corrected chi connectivity index (χ0v) is 11.2. The molecule has 0 radical (unpaired) electrons. The number of nitrogens with zero attached hydrogens (tertiary/aromatic N) is 2. The van der Waals surface area contributed by atoms with Crippen molar-refractivity contribution in [2.45, 2.75) is 12.3 Å². The van der Waals surface area contributed by atoms with E-state index in [9.17, 15) is 12.8 Å². The Bertz CT molecular complexity index is 757. The normalized spacial score (nSPS) is 21.1. The lowest BCUT2D eigenvalue weighted by Crippen LogP contribution is -2.05. The average molecular weight is 297 g/mol. The summed E-state index contributed by atoms with van der Waals surface area (Å²) in [5.41, 5.74) is 5.97. The second-order valence-corrected chi connectivity index (χ2v) is 7.02. The highest BCUT2D eigenvalue weighted by Crippen LogP contribution is 2.29. The highest BCUT2D eigenvalue weighted by Gasteiger charge is 2.32. The summed E-state index contributed by atoms with van der Waals surface area (Å²) in [5.74, 6) is -0.00612. The first-order valence-corrected chi connectivity index (χ1v) is 7.86. The molecular weight excluding hydrogens is 285 g/mol. The molecule has 1 unspecified atom stereocenters. The minimum Gasteiger partial charge on any atom is -0.396 e. The number of hydrogen-bond donors (Lipinski definition) is 1. The molecule has 0 spiro atoms. The van der Waals surface area contributed by atoms with Gasteiger partial charge < -0.3 is 10.3 Å². The smallest absolute Gasteiger partial charge is 0.258 e. The summed E-state index contributed by atoms with van der Waals surface area (Å²) in [6.07, 6.45) is 0.493. The molecule has 1 atom stereocenters. The maximum absolute atomic E-state index is 13.1. The van der Waals surface area contributed by atoms with Gasteiger partial charge in [0.15, 0.2) is 15.7 Å². The summed E-state index contributed by atoms with van der Waals surface area (Å²) in [5, 5.41) is 3.81. The van der Waals surface area contributed by atoms with Crippen LogP contribution in [0.1, 0.15) is 18.2 Å². The summed E-state index contributed by atoms with van der Waals surface area (Å²) in [7, 11) is -3.00. The van der Waals surface area contributed by atoms with Gasteiger partial charge in [0.2, 0.25) is 0 Å². The Kier molecular flexibility index (Phi) is 2.97. The second-order valence-electron chi connectivity index (χ2n) is 4.79. The van der Waals surface area contributed by atoms with Gasteiger partial charge in [0, 0.05) is 11.5 Å². The minimum absolute atomic E-state index is 0.00862. The van der Waals surface area contributed by atoms with Gasteiger partial charge in [-0.1, -0.05) is 5.16 Å². The van der Waals surface area contributed by atoms with Gasteiger partial charge in [-0.25, -0.2) is 12.8 Å². The maximum atomic E-state index is 13.1. The van der Waals surface area contributed by atoms with Gasteiger partial charge >= 0.3 is 0 Å². The van der Waals surface area contributed by atoms with E-state index >= 15 is 0 Å². The van der Waals surface area contributed by atoms with Crippen LogP contribution in [0.4, 0.5) is 10.1 Å². The molecule has 2 N–H and O–H groups in total. The van der Waals surface area contributed by atoms with E-state index in [2.05, 4.69) is 10.1 Å². The van der Waals surface area contributed by atoms with Crippen molar-refractivity contribution in [3.8, 4) is 11.5 Å². The summed E-state index contributed by atoms with van der Waals surface area (Å²) in [4.78, 5) is 4.18. The molecule has 20 heavy (non-hydrogen) atoms. The Morgan fingerprint density at radius 1 is 1.40 bits per heavy atom. The van der Waals surface area contributed by atoms with Crippen LogP contribution in [0.3, 0.4) is 0 Å². The van der Waals surface area contributed by atoms with Gasteiger partial charge in [0.1, 0.15) is 5.82 Å². The summed E-state index contributed by atoms with van der Waals surface area (Å²) in [6.45, 7) is 0. The van der Waals surface area contributed by atoms with Crippen molar-refractivity contribution in [1.82, 2.24) is 10.1 Å². The zero-order chi connectivity index (χ0) is 14.3. The monoisotopic (exact) mass is 297 g/mol. The molecule has 0 bridgehead atoms. The Hall–Kier alpha value is -1.96. The van der Waals surface area contributed by atoms with Crippen molar-refractivity contribution >= 4 is 15.5 Å². The molecule has 3 rings (SSSR count). The third-order valence-corrected chi connectivity index (χ3v) is 5.05. The van der Waals surface area contributed by atoms with Crippen molar-refractivity contribution in [3.63, 3.8) is 0 Å². The van der Waals surface area contributed by atoms with Gasteiger partial charge in [-0.2, -0.15) is 4.98 Å². The molecule has 1 aliphatic heterocycles. The lowest BCUT2D eigenvalue weighted by Gasteiger charge is -1.99. The minimum atomic E-state index is -3.00. The topological polar surface area (TPSA) is 99.1 Å². The molecular formula is C12H12FN3O3S. The van der Waals surface area contributed by atoms with Crippen molar-refractivity contribution < 1.29 is 17.3 Å². The van der Waals surface area contributed by atoms with Crippen LogP contribution < -0.4 is 5.73 Å². The quantitative estimate of drug-likeness (QED) is 0.840. The van der Waals surface area contributed by atoms with E-state index in [0.717, 1.165) is 0 Å². The second kappa shape index (κ2) is 4.55.